The Morgan fingerprint density at radius 2 is 1.81 bits per heavy atom. The molecule has 0 spiro atoms. The van der Waals surface area contributed by atoms with E-state index in [9.17, 15) is 9.90 Å². The Hall–Kier alpha value is -0.610. The van der Waals surface area contributed by atoms with Crippen molar-refractivity contribution in [3.8, 4) is 0 Å². The molecule has 0 bridgehead atoms. The van der Waals surface area contributed by atoms with Crippen LogP contribution in [0.2, 0.25) is 0 Å². The molecule has 0 saturated heterocycles. The number of nitrogens with zero attached hydrogens (tertiary/aromatic N) is 1. The summed E-state index contributed by atoms with van der Waals surface area (Å²) in [6, 6.07) is 0.405. The van der Waals surface area contributed by atoms with Gasteiger partial charge in [-0.3, -0.25) is 4.79 Å². The Labute approximate surface area is 98.0 Å². The first-order valence-electron chi connectivity index (χ1n) is 6.36. The van der Waals surface area contributed by atoms with E-state index in [0.717, 1.165) is 38.8 Å². The van der Waals surface area contributed by atoms with E-state index in [2.05, 4.69) is 5.32 Å². The molecule has 16 heavy (non-hydrogen) atoms. The van der Waals surface area contributed by atoms with Gasteiger partial charge in [-0.1, -0.05) is 0 Å². The van der Waals surface area contributed by atoms with E-state index < -0.39 is 0 Å². The van der Waals surface area contributed by atoms with Gasteiger partial charge in [0.05, 0.1) is 12.6 Å². The minimum absolute atomic E-state index is 0.128. The number of aliphatic hydroxyl groups is 1. The lowest BCUT2D eigenvalue weighted by Gasteiger charge is -2.27. The maximum absolute atomic E-state index is 11.7. The molecule has 0 aromatic heterocycles. The summed E-state index contributed by atoms with van der Waals surface area (Å²) in [4.78, 5) is 13.6. The van der Waals surface area contributed by atoms with Gasteiger partial charge in [0.25, 0.3) is 0 Å². The minimum atomic E-state index is -0.128. The first-order valence-corrected chi connectivity index (χ1v) is 6.36. The van der Waals surface area contributed by atoms with E-state index >= 15 is 0 Å². The Morgan fingerprint density at radius 3 is 2.31 bits per heavy atom. The number of carbonyl (C=O) groups is 1. The smallest absolute Gasteiger partial charge is 0.236 e. The van der Waals surface area contributed by atoms with Crippen LogP contribution in [-0.4, -0.2) is 47.7 Å². The van der Waals surface area contributed by atoms with E-state index in [1.807, 2.05) is 18.7 Å². The maximum Gasteiger partial charge on any atom is 0.236 e. The quantitative estimate of drug-likeness (QED) is 0.730. The van der Waals surface area contributed by atoms with Gasteiger partial charge >= 0.3 is 0 Å². The fourth-order valence-corrected chi connectivity index (χ4v) is 2.20. The molecule has 1 aliphatic rings. The Balaban J connectivity index is 2.21. The highest BCUT2D eigenvalue weighted by molar-refractivity contribution is 5.78. The molecule has 1 aliphatic carbocycles. The van der Waals surface area contributed by atoms with Crippen LogP contribution in [0.1, 0.15) is 39.5 Å². The largest absolute Gasteiger partial charge is 0.393 e. The van der Waals surface area contributed by atoms with Gasteiger partial charge < -0.3 is 15.3 Å². The number of hydrogen-bond donors (Lipinski definition) is 2. The van der Waals surface area contributed by atoms with Crippen molar-refractivity contribution in [3.63, 3.8) is 0 Å². The van der Waals surface area contributed by atoms with Crippen LogP contribution < -0.4 is 5.32 Å². The molecule has 94 valence electrons. The average molecular weight is 228 g/mol. The highest BCUT2D eigenvalue weighted by atomic mass is 16.3. The fraction of sp³-hybridized carbons (Fsp3) is 0.917. The lowest BCUT2D eigenvalue weighted by atomic mass is 9.93. The fourth-order valence-electron chi connectivity index (χ4n) is 2.20. The maximum atomic E-state index is 11.7. The highest BCUT2D eigenvalue weighted by Crippen LogP contribution is 2.17. The van der Waals surface area contributed by atoms with Crippen molar-refractivity contribution in [2.75, 3.05) is 19.6 Å². The van der Waals surface area contributed by atoms with Gasteiger partial charge in [-0.15, -0.1) is 0 Å². The van der Waals surface area contributed by atoms with Crippen molar-refractivity contribution in [2.24, 2.45) is 0 Å². The summed E-state index contributed by atoms with van der Waals surface area (Å²) in [5, 5.41) is 12.7. The molecule has 0 aromatic carbocycles. The Kier molecular flexibility index (Phi) is 5.77. The minimum Gasteiger partial charge on any atom is -0.393 e. The van der Waals surface area contributed by atoms with Gasteiger partial charge in [-0.25, -0.2) is 0 Å². The first-order chi connectivity index (χ1) is 7.67. The van der Waals surface area contributed by atoms with E-state index in [4.69, 9.17) is 0 Å². The summed E-state index contributed by atoms with van der Waals surface area (Å²) in [6.07, 6.45) is 3.55. The average Bonchev–Trinajstić information content (AvgIpc) is 2.30. The van der Waals surface area contributed by atoms with E-state index in [-0.39, 0.29) is 12.0 Å². The molecular formula is C12H24N2O2. The van der Waals surface area contributed by atoms with Crippen molar-refractivity contribution in [1.29, 1.82) is 0 Å². The van der Waals surface area contributed by atoms with Crippen molar-refractivity contribution in [2.45, 2.75) is 51.7 Å². The number of carbonyl (C=O) groups excluding carboxylic acids is 1. The molecule has 2 N–H and O–H groups in total. The van der Waals surface area contributed by atoms with Gasteiger partial charge in [0.2, 0.25) is 5.91 Å². The molecule has 0 unspecified atom stereocenters. The third-order valence-electron chi connectivity index (χ3n) is 3.35. The Morgan fingerprint density at radius 1 is 1.25 bits per heavy atom. The van der Waals surface area contributed by atoms with Crippen LogP contribution in [-0.2, 0) is 4.79 Å². The van der Waals surface area contributed by atoms with E-state index in [0.29, 0.717) is 12.6 Å². The molecule has 0 aromatic rings. The lowest BCUT2D eigenvalue weighted by Crippen LogP contribution is -2.43. The molecule has 1 amide bonds. The summed E-state index contributed by atoms with van der Waals surface area (Å²) in [6.45, 7) is 5.99. The monoisotopic (exact) mass is 228 g/mol. The highest BCUT2D eigenvalue weighted by Gasteiger charge is 2.20. The number of nitrogens with one attached hydrogen (secondary N) is 1. The normalized spacial score (nSPS) is 25.4. The zero-order valence-corrected chi connectivity index (χ0v) is 10.4. The van der Waals surface area contributed by atoms with E-state index in [1.54, 1.807) is 0 Å². The van der Waals surface area contributed by atoms with Gasteiger partial charge in [-0.05, 0) is 39.5 Å². The second-order valence-electron chi connectivity index (χ2n) is 4.45. The van der Waals surface area contributed by atoms with Crippen LogP contribution >= 0.6 is 0 Å². The molecule has 0 heterocycles. The van der Waals surface area contributed by atoms with Gasteiger partial charge in [0.1, 0.15) is 0 Å². The van der Waals surface area contributed by atoms with Crippen LogP contribution in [0.4, 0.5) is 0 Å². The van der Waals surface area contributed by atoms with Crippen LogP contribution in [0.5, 0.6) is 0 Å². The zero-order valence-electron chi connectivity index (χ0n) is 10.4. The lowest BCUT2D eigenvalue weighted by molar-refractivity contribution is -0.130. The summed E-state index contributed by atoms with van der Waals surface area (Å²) in [5.41, 5.74) is 0. The number of rotatable bonds is 5. The number of aliphatic hydroxyl groups excluding tert-OH is 1. The molecule has 1 fully saturated rings. The van der Waals surface area contributed by atoms with Crippen molar-refractivity contribution < 1.29 is 9.90 Å². The SMILES string of the molecule is CCN(CC)C(=O)CNC1CCC(O)CC1. The molecule has 4 heteroatoms. The second-order valence-corrected chi connectivity index (χ2v) is 4.45. The van der Waals surface area contributed by atoms with Gasteiger partial charge in [-0.2, -0.15) is 0 Å². The van der Waals surface area contributed by atoms with Crippen molar-refractivity contribution >= 4 is 5.91 Å². The number of likely N-dealkylation sites (N-methyl/N-ethyl adjacent to an activating group) is 1. The van der Waals surface area contributed by atoms with Crippen molar-refractivity contribution in [1.82, 2.24) is 10.2 Å². The number of hydrogen-bond acceptors (Lipinski definition) is 3. The molecule has 1 saturated carbocycles. The topological polar surface area (TPSA) is 52.6 Å². The molecule has 0 radical (unpaired) electrons. The molecule has 1 rings (SSSR count). The summed E-state index contributed by atoms with van der Waals surface area (Å²) in [5.74, 6) is 0.177. The summed E-state index contributed by atoms with van der Waals surface area (Å²) < 4.78 is 0. The molecular weight excluding hydrogens is 204 g/mol. The van der Waals surface area contributed by atoms with Crippen LogP contribution in [0, 0.1) is 0 Å². The van der Waals surface area contributed by atoms with Crippen LogP contribution in [0.25, 0.3) is 0 Å². The van der Waals surface area contributed by atoms with Crippen LogP contribution in [0.3, 0.4) is 0 Å². The zero-order chi connectivity index (χ0) is 12.0. The van der Waals surface area contributed by atoms with Crippen molar-refractivity contribution in [3.05, 3.63) is 0 Å². The second kappa shape index (κ2) is 6.86. The van der Waals surface area contributed by atoms with Gasteiger partial charge in [0.15, 0.2) is 0 Å². The summed E-state index contributed by atoms with van der Waals surface area (Å²) in [7, 11) is 0. The summed E-state index contributed by atoms with van der Waals surface area (Å²) >= 11 is 0. The predicted molar refractivity (Wildman–Crippen MR) is 64.2 cm³/mol. The van der Waals surface area contributed by atoms with Gasteiger partial charge in [0, 0.05) is 19.1 Å². The Bertz CT molecular complexity index is 209. The molecule has 0 atom stereocenters. The standard InChI is InChI=1S/C12H24N2O2/c1-3-14(4-2)12(16)9-13-10-5-7-11(15)8-6-10/h10-11,13,15H,3-9H2,1-2H3. The molecule has 0 aliphatic heterocycles. The third kappa shape index (κ3) is 4.10. The first kappa shape index (κ1) is 13.5. The number of amides is 1. The van der Waals surface area contributed by atoms with Crippen LogP contribution in [0.15, 0.2) is 0 Å². The third-order valence-corrected chi connectivity index (χ3v) is 3.35. The van der Waals surface area contributed by atoms with E-state index in [1.165, 1.54) is 0 Å². The molecule has 4 nitrogen and oxygen atoms in total. The predicted octanol–water partition coefficient (Wildman–Crippen LogP) is 0.748.